The summed E-state index contributed by atoms with van der Waals surface area (Å²) in [5.74, 6) is 2.81. The van der Waals surface area contributed by atoms with Crippen molar-refractivity contribution in [3.63, 3.8) is 0 Å². The number of benzene rings is 8. The highest BCUT2D eigenvalue weighted by atomic mass is 15.2. The Morgan fingerprint density at radius 2 is 0.603 bits per heavy atom. The fourth-order valence-corrected chi connectivity index (χ4v) is 11.0. The Labute approximate surface area is 440 Å². The van der Waals surface area contributed by atoms with Gasteiger partial charge in [-0.25, -0.2) is 0 Å². The van der Waals surface area contributed by atoms with Crippen LogP contribution in [-0.4, -0.2) is 6.71 Å². The molecule has 8 aromatic carbocycles. The summed E-state index contributed by atoms with van der Waals surface area (Å²) < 4.78 is 0. The van der Waals surface area contributed by atoms with E-state index in [-0.39, 0.29) is 6.71 Å². The second-order valence-corrected chi connectivity index (χ2v) is 22.8. The maximum absolute atomic E-state index is 2.56. The highest BCUT2D eigenvalue weighted by Gasteiger charge is 2.40. The number of rotatable bonds is 15. The van der Waals surface area contributed by atoms with E-state index >= 15 is 0 Å². The quantitative estimate of drug-likeness (QED) is 0.0948. The Balaban J connectivity index is 1.36. The maximum atomic E-state index is 2.56. The van der Waals surface area contributed by atoms with Crippen molar-refractivity contribution in [1.29, 1.82) is 0 Å². The van der Waals surface area contributed by atoms with Gasteiger partial charge in [0.05, 0.1) is 0 Å². The highest BCUT2D eigenvalue weighted by molar-refractivity contribution is 6.98. The second kappa shape index (κ2) is 21.4. The lowest BCUT2D eigenvalue weighted by molar-refractivity contribution is 0.812. The first-order valence-corrected chi connectivity index (χ1v) is 27.3. The van der Waals surface area contributed by atoms with E-state index in [0.29, 0.717) is 41.4 Å². The van der Waals surface area contributed by atoms with Gasteiger partial charge in [-0.05, 0) is 176 Å². The van der Waals surface area contributed by atoms with Gasteiger partial charge in [0.2, 0.25) is 6.71 Å². The van der Waals surface area contributed by atoms with Crippen molar-refractivity contribution < 1.29 is 0 Å². The van der Waals surface area contributed by atoms with Gasteiger partial charge in [0.1, 0.15) is 0 Å². The SMILES string of the molecule is CC(C)c1ccc(N(c2ccc(C(C)C)cc2)c2ccc3c(c2)N(c2ccccc2)c2cc(N(c4ccc(C(C)C)cc4)c4ccc(C(C)C)cc4)ccc2B3c2c(C(C)C)cc(C(C)C)cc2C(C)C)cc1. The van der Waals surface area contributed by atoms with Crippen molar-refractivity contribution in [2.24, 2.45) is 0 Å². The molecule has 0 saturated carbocycles. The molecule has 1 aliphatic heterocycles. The third-order valence-corrected chi connectivity index (χ3v) is 15.4. The van der Waals surface area contributed by atoms with E-state index < -0.39 is 0 Å². The first-order chi connectivity index (χ1) is 35.0. The summed E-state index contributed by atoms with van der Waals surface area (Å²) in [6.45, 7) is 32.4. The maximum Gasteiger partial charge on any atom is 0.247 e. The molecule has 9 rings (SSSR count). The van der Waals surface area contributed by atoms with E-state index in [0.717, 1.165) is 39.8 Å². The molecule has 372 valence electrons. The van der Waals surface area contributed by atoms with Crippen LogP contribution in [0.2, 0.25) is 0 Å². The summed E-state index contributed by atoms with van der Waals surface area (Å²) in [5, 5.41) is 0. The van der Waals surface area contributed by atoms with E-state index in [4.69, 9.17) is 0 Å². The summed E-state index contributed by atoms with van der Waals surface area (Å²) >= 11 is 0. The monoisotopic (exact) mass is 960 g/mol. The second-order valence-electron chi connectivity index (χ2n) is 22.8. The van der Waals surface area contributed by atoms with Crippen molar-refractivity contribution in [2.75, 3.05) is 14.7 Å². The molecule has 1 heterocycles. The Morgan fingerprint density at radius 1 is 0.301 bits per heavy atom. The molecule has 0 unspecified atom stereocenters. The van der Waals surface area contributed by atoms with E-state index in [9.17, 15) is 0 Å². The number of nitrogens with zero attached hydrogens (tertiary/aromatic N) is 3. The van der Waals surface area contributed by atoms with Crippen LogP contribution < -0.4 is 31.1 Å². The Bertz CT molecular complexity index is 2850. The highest BCUT2D eigenvalue weighted by Crippen LogP contribution is 2.45. The Hall–Kier alpha value is -6.78. The van der Waals surface area contributed by atoms with Gasteiger partial charge >= 0.3 is 0 Å². The van der Waals surface area contributed by atoms with Gasteiger partial charge in [-0.3, -0.25) is 0 Å². The molecule has 0 N–H and O–H groups in total. The predicted octanol–water partition coefficient (Wildman–Crippen LogP) is 18.8. The Morgan fingerprint density at radius 3 is 0.890 bits per heavy atom. The first kappa shape index (κ1) is 51.1. The molecule has 0 aromatic heterocycles. The smallest absolute Gasteiger partial charge is 0.247 e. The lowest BCUT2D eigenvalue weighted by Crippen LogP contribution is -2.59. The topological polar surface area (TPSA) is 9.72 Å². The fraction of sp³-hybridized carbons (Fsp3) is 0.304. The molecule has 1 aliphatic rings. The lowest BCUT2D eigenvalue weighted by Gasteiger charge is -2.40. The minimum Gasteiger partial charge on any atom is -0.311 e. The van der Waals surface area contributed by atoms with Gasteiger partial charge in [0, 0.05) is 51.2 Å². The summed E-state index contributed by atoms with van der Waals surface area (Å²) in [4.78, 5) is 7.47. The molecule has 0 amide bonds. The molecule has 0 spiro atoms. The van der Waals surface area contributed by atoms with Crippen LogP contribution >= 0.6 is 0 Å². The van der Waals surface area contributed by atoms with Crippen molar-refractivity contribution in [3.05, 3.63) is 215 Å². The first-order valence-electron chi connectivity index (χ1n) is 27.3. The molecule has 0 aliphatic carbocycles. The molecule has 0 fully saturated rings. The Kier molecular flexibility index (Phi) is 15.0. The standard InChI is InChI=1S/C69H78BN3/c1-44(2)51-20-28-57(29-21-51)71(58-30-22-52(23-31-58)45(3)4)61-36-38-65-67(42-61)73(56-18-16-15-17-19-56)68-43-62(72(59-32-24-53(25-33-59)46(5)6)60-34-26-54(27-35-60)47(7)8)37-39-66(68)70(65)69-63(49(11)12)40-55(48(9)10)41-64(69)50(13)14/h15-50H,1-14H3. The zero-order valence-corrected chi connectivity index (χ0v) is 46.2. The van der Waals surface area contributed by atoms with E-state index in [2.05, 4.69) is 288 Å². The zero-order valence-electron chi connectivity index (χ0n) is 46.2. The van der Waals surface area contributed by atoms with Crippen LogP contribution in [0.15, 0.2) is 176 Å². The van der Waals surface area contributed by atoms with Crippen LogP contribution in [0.5, 0.6) is 0 Å². The summed E-state index contributed by atoms with van der Waals surface area (Å²) in [5.41, 5.74) is 24.0. The molecule has 3 nitrogen and oxygen atoms in total. The zero-order chi connectivity index (χ0) is 51.8. The van der Waals surface area contributed by atoms with Gasteiger partial charge in [-0.1, -0.05) is 193 Å². The van der Waals surface area contributed by atoms with Crippen molar-refractivity contribution in [3.8, 4) is 0 Å². The number of hydrogen-bond donors (Lipinski definition) is 0. The number of fused-ring (bicyclic) bond motifs is 2. The van der Waals surface area contributed by atoms with Crippen LogP contribution in [0.25, 0.3) is 0 Å². The average molecular weight is 960 g/mol. The summed E-state index contributed by atoms with van der Waals surface area (Å²) in [7, 11) is 0. The molecule has 0 atom stereocenters. The van der Waals surface area contributed by atoms with Crippen molar-refractivity contribution in [2.45, 2.75) is 138 Å². The predicted molar refractivity (Wildman–Crippen MR) is 320 cm³/mol. The minimum atomic E-state index is -0.0303. The van der Waals surface area contributed by atoms with Gasteiger partial charge in [-0.15, -0.1) is 0 Å². The molecule has 0 bridgehead atoms. The molecule has 0 saturated heterocycles. The van der Waals surface area contributed by atoms with Crippen LogP contribution in [0.1, 0.15) is 177 Å². The molecule has 0 radical (unpaired) electrons. The van der Waals surface area contributed by atoms with E-state index in [1.165, 1.54) is 66.7 Å². The lowest BCUT2D eigenvalue weighted by atomic mass is 9.33. The number of hydrogen-bond acceptors (Lipinski definition) is 3. The fourth-order valence-electron chi connectivity index (χ4n) is 11.0. The minimum absolute atomic E-state index is 0.0303. The van der Waals surface area contributed by atoms with Crippen LogP contribution in [0, 0.1) is 0 Å². The molecular weight excluding hydrogens is 882 g/mol. The third-order valence-electron chi connectivity index (χ3n) is 15.4. The number of para-hydroxylation sites is 1. The number of anilines is 9. The molecule has 4 heteroatoms. The van der Waals surface area contributed by atoms with Crippen LogP contribution in [0.4, 0.5) is 51.2 Å². The van der Waals surface area contributed by atoms with E-state index in [1.54, 1.807) is 0 Å². The van der Waals surface area contributed by atoms with Gasteiger partial charge in [-0.2, -0.15) is 0 Å². The average Bonchev–Trinajstić information content (AvgIpc) is 3.38. The molecule has 8 aromatic rings. The van der Waals surface area contributed by atoms with Gasteiger partial charge in [0.15, 0.2) is 0 Å². The van der Waals surface area contributed by atoms with E-state index in [1.807, 2.05) is 0 Å². The van der Waals surface area contributed by atoms with Gasteiger partial charge in [0.25, 0.3) is 0 Å². The van der Waals surface area contributed by atoms with Crippen molar-refractivity contribution in [1.82, 2.24) is 0 Å². The van der Waals surface area contributed by atoms with Crippen molar-refractivity contribution >= 4 is 74.3 Å². The summed E-state index contributed by atoms with van der Waals surface area (Å²) in [6, 6.07) is 67.7. The molecular formula is C69H78BN3. The van der Waals surface area contributed by atoms with Crippen LogP contribution in [0.3, 0.4) is 0 Å². The van der Waals surface area contributed by atoms with Crippen LogP contribution in [-0.2, 0) is 0 Å². The normalized spacial score (nSPS) is 12.5. The largest absolute Gasteiger partial charge is 0.311 e. The van der Waals surface area contributed by atoms with Gasteiger partial charge < -0.3 is 14.7 Å². The summed E-state index contributed by atoms with van der Waals surface area (Å²) in [6.07, 6.45) is 0. The third kappa shape index (κ3) is 10.3. The molecule has 73 heavy (non-hydrogen) atoms.